The summed E-state index contributed by atoms with van der Waals surface area (Å²) in [5.41, 5.74) is 1.17. The lowest BCUT2D eigenvalue weighted by Gasteiger charge is -2.24. The summed E-state index contributed by atoms with van der Waals surface area (Å²) >= 11 is 1.71. The van der Waals surface area contributed by atoms with Crippen molar-refractivity contribution in [2.45, 2.75) is 51.5 Å². The minimum atomic E-state index is 0.599. The van der Waals surface area contributed by atoms with Gasteiger partial charge in [0.15, 0.2) is 5.96 Å². The fraction of sp³-hybridized carbons (Fsp3) is 0.714. The summed E-state index contributed by atoms with van der Waals surface area (Å²) in [5, 5.41) is 10.2. The normalized spacial score (nSPS) is 17.5. The molecule has 0 aliphatic heterocycles. The van der Waals surface area contributed by atoms with Crippen LogP contribution in [-0.2, 0) is 6.42 Å². The number of guanidine groups is 1. The molecule has 1 fully saturated rings. The van der Waals surface area contributed by atoms with E-state index in [1.165, 1.54) is 37.8 Å². The van der Waals surface area contributed by atoms with Crippen molar-refractivity contribution in [2.24, 2.45) is 4.99 Å². The van der Waals surface area contributed by atoms with E-state index in [-0.39, 0.29) is 0 Å². The van der Waals surface area contributed by atoms with Gasteiger partial charge in [-0.05, 0) is 19.8 Å². The summed E-state index contributed by atoms with van der Waals surface area (Å²) in [7, 11) is 1.84. The second kappa shape index (κ2) is 7.48. The Kier molecular flexibility index (Phi) is 5.63. The molecule has 4 nitrogen and oxygen atoms in total. The highest BCUT2D eigenvalue weighted by molar-refractivity contribution is 7.09. The average Bonchev–Trinajstić information content (AvgIpc) is 2.84. The Balaban J connectivity index is 1.70. The number of nitrogens with zero attached hydrogens (tertiary/aromatic N) is 2. The zero-order valence-electron chi connectivity index (χ0n) is 11.9. The maximum atomic E-state index is 4.47. The maximum absolute atomic E-state index is 4.47. The molecule has 2 rings (SSSR count). The summed E-state index contributed by atoms with van der Waals surface area (Å²) in [4.78, 5) is 8.76. The summed E-state index contributed by atoms with van der Waals surface area (Å²) in [6, 6.07) is 0.599. The number of hydrogen-bond donors (Lipinski definition) is 2. The van der Waals surface area contributed by atoms with Crippen LogP contribution in [0.4, 0.5) is 0 Å². The lowest BCUT2D eigenvalue weighted by molar-refractivity contribution is 0.410. The molecule has 106 valence electrons. The third kappa shape index (κ3) is 4.82. The number of thiazole rings is 1. The molecule has 0 aromatic carbocycles. The fourth-order valence-corrected chi connectivity index (χ4v) is 3.11. The zero-order valence-corrected chi connectivity index (χ0v) is 12.7. The van der Waals surface area contributed by atoms with Gasteiger partial charge in [-0.15, -0.1) is 11.3 Å². The van der Waals surface area contributed by atoms with Crippen LogP contribution in [0.2, 0.25) is 0 Å². The molecule has 2 N–H and O–H groups in total. The Morgan fingerprint density at radius 1 is 1.42 bits per heavy atom. The van der Waals surface area contributed by atoms with Crippen LogP contribution in [0.1, 0.15) is 42.8 Å². The van der Waals surface area contributed by atoms with Gasteiger partial charge in [0.05, 0.1) is 10.7 Å². The lowest BCUT2D eigenvalue weighted by atomic mass is 9.96. The van der Waals surface area contributed by atoms with Gasteiger partial charge < -0.3 is 10.6 Å². The molecule has 5 heteroatoms. The van der Waals surface area contributed by atoms with E-state index in [4.69, 9.17) is 0 Å². The van der Waals surface area contributed by atoms with Gasteiger partial charge in [0.25, 0.3) is 0 Å². The molecule has 0 bridgehead atoms. The van der Waals surface area contributed by atoms with Crippen molar-refractivity contribution in [1.82, 2.24) is 15.6 Å². The zero-order chi connectivity index (χ0) is 13.5. The highest BCUT2D eigenvalue weighted by Gasteiger charge is 2.14. The Labute approximate surface area is 119 Å². The van der Waals surface area contributed by atoms with Crippen LogP contribution in [0.15, 0.2) is 10.4 Å². The fourth-order valence-electron chi connectivity index (χ4n) is 2.47. The average molecular weight is 280 g/mol. The number of nitrogens with one attached hydrogen (secondary N) is 2. The second-order valence-electron chi connectivity index (χ2n) is 5.09. The van der Waals surface area contributed by atoms with E-state index in [0.717, 1.165) is 23.9 Å². The van der Waals surface area contributed by atoms with Crippen LogP contribution in [0.3, 0.4) is 0 Å². The number of rotatable bonds is 4. The van der Waals surface area contributed by atoms with Crippen LogP contribution in [0, 0.1) is 6.92 Å². The first-order valence-corrected chi connectivity index (χ1v) is 8.04. The molecule has 1 aliphatic carbocycles. The molecule has 1 aliphatic rings. The number of aliphatic imine (C=N–C) groups is 1. The van der Waals surface area contributed by atoms with Crippen LogP contribution >= 0.6 is 11.3 Å². The van der Waals surface area contributed by atoms with E-state index in [9.17, 15) is 0 Å². The van der Waals surface area contributed by atoms with E-state index < -0.39 is 0 Å². The van der Waals surface area contributed by atoms with E-state index >= 15 is 0 Å². The molecule has 0 radical (unpaired) electrons. The molecular weight excluding hydrogens is 256 g/mol. The Hall–Kier alpha value is -1.10. The standard InChI is InChI=1S/C14H24N4S/c1-11-17-13(10-19-11)8-9-16-14(15-2)18-12-6-4-3-5-7-12/h10,12H,3-9H2,1-2H3,(H2,15,16,18). The van der Waals surface area contributed by atoms with Crippen LogP contribution in [0.25, 0.3) is 0 Å². The first-order chi connectivity index (χ1) is 9.28. The van der Waals surface area contributed by atoms with Crippen molar-refractivity contribution in [3.05, 3.63) is 16.1 Å². The van der Waals surface area contributed by atoms with Crippen LogP contribution in [0.5, 0.6) is 0 Å². The number of aromatic nitrogens is 1. The van der Waals surface area contributed by atoms with Crippen LogP contribution < -0.4 is 10.6 Å². The van der Waals surface area contributed by atoms with Crippen molar-refractivity contribution >= 4 is 17.3 Å². The Morgan fingerprint density at radius 3 is 2.84 bits per heavy atom. The Morgan fingerprint density at radius 2 is 2.21 bits per heavy atom. The molecule has 1 saturated carbocycles. The van der Waals surface area contributed by atoms with Gasteiger partial charge in [0, 0.05) is 31.4 Å². The summed E-state index contributed by atoms with van der Waals surface area (Å²) in [6.45, 7) is 2.93. The van der Waals surface area contributed by atoms with Crippen molar-refractivity contribution in [3.63, 3.8) is 0 Å². The van der Waals surface area contributed by atoms with Gasteiger partial charge in [-0.25, -0.2) is 4.98 Å². The highest BCUT2D eigenvalue weighted by Crippen LogP contribution is 2.17. The third-order valence-electron chi connectivity index (χ3n) is 3.51. The minimum absolute atomic E-state index is 0.599. The van der Waals surface area contributed by atoms with Crippen molar-refractivity contribution < 1.29 is 0 Å². The lowest BCUT2D eigenvalue weighted by Crippen LogP contribution is -2.44. The topological polar surface area (TPSA) is 49.3 Å². The predicted molar refractivity (Wildman–Crippen MR) is 81.9 cm³/mol. The molecule has 0 saturated heterocycles. The third-order valence-corrected chi connectivity index (χ3v) is 4.33. The molecule has 1 aromatic rings. The van der Waals surface area contributed by atoms with Gasteiger partial charge >= 0.3 is 0 Å². The maximum Gasteiger partial charge on any atom is 0.191 e. The minimum Gasteiger partial charge on any atom is -0.356 e. The van der Waals surface area contributed by atoms with Gasteiger partial charge in [-0.2, -0.15) is 0 Å². The van der Waals surface area contributed by atoms with E-state index in [2.05, 4.69) is 26.0 Å². The monoisotopic (exact) mass is 280 g/mol. The molecular formula is C14H24N4S. The quantitative estimate of drug-likeness (QED) is 0.658. The summed E-state index contributed by atoms with van der Waals surface area (Å²) < 4.78 is 0. The molecule has 0 amide bonds. The predicted octanol–water partition coefficient (Wildman–Crippen LogP) is 2.49. The first kappa shape index (κ1) is 14.3. The molecule has 0 unspecified atom stereocenters. The largest absolute Gasteiger partial charge is 0.356 e. The molecule has 0 atom stereocenters. The van der Waals surface area contributed by atoms with Gasteiger partial charge in [-0.1, -0.05) is 19.3 Å². The number of hydrogen-bond acceptors (Lipinski definition) is 3. The first-order valence-electron chi connectivity index (χ1n) is 7.16. The second-order valence-corrected chi connectivity index (χ2v) is 6.15. The van der Waals surface area contributed by atoms with Gasteiger partial charge in [-0.3, -0.25) is 4.99 Å². The van der Waals surface area contributed by atoms with Crippen LogP contribution in [-0.4, -0.2) is 30.6 Å². The van der Waals surface area contributed by atoms with Gasteiger partial charge in [0.2, 0.25) is 0 Å². The molecule has 0 spiro atoms. The summed E-state index contributed by atoms with van der Waals surface area (Å²) in [6.07, 6.45) is 7.56. The van der Waals surface area contributed by atoms with E-state index in [0.29, 0.717) is 6.04 Å². The van der Waals surface area contributed by atoms with Crippen molar-refractivity contribution in [3.8, 4) is 0 Å². The number of aryl methyl sites for hydroxylation is 1. The molecule has 1 aromatic heterocycles. The molecule has 1 heterocycles. The summed E-state index contributed by atoms with van der Waals surface area (Å²) in [5.74, 6) is 0.929. The molecule has 19 heavy (non-hydrogen) atoms. The smallest absolute Gasteiger partial charge is 0.191 e. The van der Waals surface area contributed by atoms with Crippen molar-refractivity contribution in [2.75, 3.05) is 13.6 Å². The SMILES string of the molecule is CN=C(NCCc1csc(C)n1)NC1CCCCC1. The highest BCUT2D eigenvalue weighted by atomic mass is 32.1. The van der Waals surface area contributed by atoms with E-state index in [1.54, 1.807) is 11.3 Å². The van der Waals surface area contributed by atoms with E-state index in [1.807, 2.05) is 14.0 Å². The van der Waals surface area contributed by atoms with Crippen molar-refractivity contribution in [1.29, 1.82) is 0 Å². The Bertz CT molecular complexity index is 407. The van der Waals surface area contributed by atoms with Gasteiger partial charge in [0.1, 0.15) is 0 Å².